The molecule has 0 fully saturated rings. The SMILES string of the molecule is CC(NCC(=O)Nc1cc(Cl)cc(Cl)c1)c1ccccc1.O=C(O)C(=O)O. The molecule has 0 saturated heterocycles. The van der Waals surface area contributed by atoms with Crippen LogP contribution in [0.4, 0.5) is 5.69 Å². The Balaban J connectivity index is 0.000000527. The largest absolute Gasteiger partial charge is 0.473 e. The van der Waals surface area contributed by atoms with E-state index < -0.39 is 11.9 Å². The Morgan fingerprint density at radius 3 is 1.96 bits per heavy atom. The molecule has 144 valence electrons. The number of nitrogens with one attached hydrogen (secondary N) is 2. The van der Waals surface area contributed by atoms with Gasteiger partial charge in [0.05, 0.1) is 6.54 Å². The van der Waals surface area contributed by atoms with Gasteiger partial charge < -0.3 is 20.8 Å². The van der Waals surface area contributed by atoms with Gasteiger partial charge in [-0.25, -0.2) is 9.59 Å². The van der Waals surface area contributed by atoms with Gasteiger partial charge in [-0.3, -0.25) is 4.79 Å². The van der Waals surface area contributed by atoms with Crippen molar-refractivity contribution >= 4 is 46.7 Å². The summed E-state index contributed by atoms with van der Waals surface area (Å²) in [6.07, 6.45) is 0. The minimum Gasteiger partial charge on any atom is -0.473 e. The molecule has 0 aromatic heterocycles. The van der Waals surface area contributed by atoms with Gasteiger partial charge in [-0.15, -0.1) is 0 Å². The Bertz CT molecular complexity index is 767. The summed E-state index contributed by atoms with van der Waals surface area (Å²) < 4.78 is 0. The molecule has 0 bridgehead atoms. The molecule has 9 heteroatoms. The van der Waals surface area contributed by atoms with E-state index in [0.29, 0.717) is 15.7 Å². The molecule has 2 aromatic carbocycles. The third kappa shape index (κ3) is 9.05. The van der Waals surface area contributed by atoms with E-state index in [4.69, 9.17) is 43.0 Å². The Labute approximate surface area is 165 Å². The fourth-order valence-corrected chi connectivity index (χ4v) is 2.46. The van der Waals surface area contributed by atoms with E-state index in [1.165, 1.54) is 0 Å². The lowest BCUT2D eigenvalue weighted by Crippen LogP contribution is -2.30. The number of carbonyl (C=O) groups excluding carboxylic acids is 1. The molecule has 0 saturated carbocycles. The number of rotatable bonds is 5. The topological polar surface area (TPSA) is 116 Å². The zero-order valence-corrected chi connectivity index (χ0v) is 15.8. The molecule has 0 aliphatic carbocycles. The molecule has 2 aromatic rings. The molecule has 4 N–H and O–H groups in total. The van der Waals surface area contributed by atoms with Crippen molar-refractivity contribution in [2.24, 2.45) is 0 Å². The Hall–Kier alpha value is -2.61. The number of carbonyl (C=O) groups is 3. The maximum Gasteiger partial charge on any atom is 0.414 e. The number of aliphatic carboxylic acids is 2. The Morgan fingerprint density at radius 1 is 0.963 bits per heavy atom. The van der Waals surface area contributed by atoms with Gasteiger partial charge in [-0.05, 0) is 30.7 Å². The zero-order chi connectivity index (χ0) is 20.4. The van der Waals surface area contributed by atoms with Gasteiger partial charge in [0.1, 0.15) is 0 Å². The minimum atomic E-state index is -1.82. The second-order valence-corrected chi connectivity index (χ2v) is 6.20. The first-order valence-electron chi connectivity index (χ1n) is 7.69. The van der Waals surface area contributed by atoms with Crippen molar-refractivity contribution in [1.82, 2.24) is 5.32 Å². The second-order valence-electron chi connectivity index (χ2n) is 5.33. The van der Waals surface area contributed by atoms with Crippen molar-refractivity contribution in [3.8, 4) is 0 Å². The van der Waals surface area contributed by atoms with Gasteiger partial charge in [0.15, 0.2) is 0 Å². The van der Waals surface area contributed by atoms with Crippen molar-refractivity contribution in [1.29, 1.82) is 0 Å². The average molecular weight is 413 g/mol. The van der Waals surface area contributed by atoms with Gasteiger partial charge in [0, 0.05) is 21.8 Å². The van der Waals surface area contributed by atoms with Crippen LogP contribution in [0.15, 0.2) is 48.5 Å². The van der Waals surface area contributed by atoms with Crippen LogP contribution in [-0.2, 0) is 14.4 Å². The molecule has 1 atom stereocenters. The molecule has 1 unspecified atom stereocenters. The summed E-state index contributed by atoms with van der Waals surface area (Å²) in [6.45, 7) is 2.22. The van der Waals surface area contributed by atoms with Gasteiger partial charge in [0.25, 0.3) is 0 Å². The first kappa shape index (κ1) is 22.4. The smallest absolute Gasteiger partial charge is 0.414 e. The van der Waals surface area contributed by atoms with Crippen LogP contribution in [-0.4, -0.2) is 34.6 Å². The summed E-state index contributed by atoms with van der Waals surface area (Å²) in [4.78, 5) is 30.1. The lowest BCUT2D eigenvalue weighted by molar-refractivity contribution is -0.159. The van der Waals surface area contributed by atoms with E-state index in [2.05, 4.69) is 10.6 Å². The van der Waals surface area contributed by atoms with E-state index in [1.54, 1.807) is 18.2 Å². The van der Waals surface area contributed by atoms with E-state index >= 15 is 0 Å². The van der Waals surface area contributed by atoms with Crippen molar-refractivity contribution in [3.63, 3.8) is 0 Å². The number of carboxylic acid groups (broad SMARTS) is 2. The molecular formula is C18H18Cl2N2O5. The molecule has 7 nitrogen and oxygen atoms in total. The monoisotopic (exact) mass is 412 g/mol. The van der Waals surface area contributed by atoms with E-state index in [0.717, 1.165) is 5.56 Å². The summed E-state index contributed by atoms with van der Waals surface area (Å²) in [7, 11) is 0. The van der Waals surface area contributed by atoms with Crippen LogP contribution in [0.5, 0.6) is 0 Å². The summed E-state index contributed by atoms with van der Waals surface area (Å²) >= 11 is 11.8. The van der Waals surface area contributed by atoms with Crippen LogP contribution in [0.25, 0.3) is 0 Å². The highest BCUT2D eigenvalue weighted by Gasteiger charge is 2.08. The number of amides is 1. The van der Waals surface area contributed by atoms with E-state index in [9.17, 15) is 4.79 Å². The van der Waals surface area contributed by atoms with Crippen molar-refractivity contribution in [2.75, 3.05) is 11.9 Å². The molecule has 2 rings (SSSR count). The molecule has 0 heterocycles. The predicted molar refractivity (Wildman–Crippen MR) is 103 cm³/mol. The summed E-state index contributed by atoms with van der Waals surface area (Å²) in [5.41, 5.74) is 1.72. The number of anilines is 1. The first-order valence-corrected chi connectivity index (χ1v) is 8.45. The fourth-order valence-electron chi connectivity index (χ4n) is 1.94. The number of hydrogen-bond acceptors (Lipinski definition) is 4. The van der Waals surface area contributed by atoms with Crippen molar-refractivity contribution < 1.29 is 24.6 Å². The lowest BCUT2D eigenvalue weighted by atomic mass is 10.1. The highest BCUT2D eigenvalue weighted by Crippen LogP contribution is 2.22. The van der Waals surface area contributed by atoms with Crippen LogP contribution in [0.2, 0.25) is 10.0 Å². The Morgan fingerprint density at radius 2 is 1.48 bits per heavy atom. The molecule has 27 heavy (non-hydrogen) atoms. The first-order chi connectivity index (χ1) is 12.7. The second kappa shape index (κ2) is 11.2. The van der Waals surface area contributed by atoms with Gasteiger partial charge >= 0.3 is 11.9 Å². The Kier molecular flexibility index (Phi) is 9.29. The van der Waals surface area contributed by atoms with Crippen molar-refractivity contribution in [2.45, 2.75) is 13.0 Å². The zero-order valence-electron chi connectivity index (χ0n) is 14.3. The molecule has 0 aliphatic heterocycles. The predicted octanol–water partition coefficient (Wildman–Crippen LogP) is 3.44. The quantitative estimate of drug-likeness (QED) is 0.559. The van der Waals surface area contributed by atoms with Crippen LogP contribution < -0.4 is 10.6 Å². The highest BCUT2D eigenvalue weighted by molar-refractivity contribution is 6.35. The van der Waals surface area contributed by atoms with Gasteiger partial charge in [-0.2, -0.15) is 0 Å². The van der Waals surface area contributed by atoms with Gasteiger partial charge in [-0.1, -0.05) is 53.5 Å². The maximum absolute atomic E-state index is 11.9. The molecule has 0 radical (unpaired) electrons. The minimum absolute atomic E-state index is 0.0971. The number of benzene rings is 2. The lowest BCUT2D eigenvalue weighted by Gasteiger charge is -2.14. The molecule has 1 amide bonds. The van der Waals surface area contributed by atoms with E-state index in [1.807, 2.05) is 37.3 Å². The fraction of sp³-hybridized carbons (Fsp3) is 0.167. The van der Waals surface area contributed by atoms with Gasteiger partial charge in [0.2, 0.25) is 5.91 Å². The number of carboxylic acids is 2. The third-order valence-electron chi connectivity index (χ3n) is 3.20. The summed E-state index contributed by atoms with van der Waals surface area (Å²) in [5, 5.41) is 21.7. The summed E-state index contributed by atoms with van der Waals surface area (Å²) in [6, 6.07) is 15.0. The average Bonchev–Trinajstić information content (AvgIpc) is 2.60. The molecule has 0 aliphatic rings. The van der Waals surface area contributed by atoms with E-state index in [-0.39, 0.29) is 18.5 Å². The number of halogens is 2. The van der Waals surface area contributed by atoms with Crippen LogP contribution in [0.3, 0.4) is 0 Å². The normalized spacial score (nSPS) is 10.9. The van der Waals surface area contributed by atoms with Crippen LogP contribution >= 0.6 is 23.2 Å². The standard InChI is InChI=1S/C16H16Cl2N2O.C2H2O4/c1-11(12-5-3-2-4-6-12)19-10-16(21)20-15-8-13(17)7-14(18)9-15;3-1(4)2(5)6/h2-9,11,19H,10H2,1H3,(H,20,21);(H,3,4)(H,5,6). The third-order valence-corrected chi connectivity index (χ3v) is 3.63. The maximum atomic E-state index is 11.9. The molecule has 0 spiro atoms. The molecular weight excluding hydrogens is 395 g/mol. The van der Waals surface area contributed by atoms with Crippen LogP contribution in [0.1, 0.15) is 18.5 Å². The summed E-state index contributed by atoms with van der Waals surface area (Å²) in [5.74, 6) is -3.79. The number of hydrogen-bond donors (Lipinski definition) is 4. The van der Waals surface area contributed by atoms with Crippen molar-refractivity contribution in [3.05, 3.63) is 64.1 Å². The highest BCUT2D eigenvalue weighted by atomic mass is 35.5. The van der Waals surface area contributed by atoms with Crippen LogP contribution in [0, 0.1) is 0 Å².